The largest absolute Gasteiger partial charge is 0.481 e. The third-order valence-electron chi connectivity index (χ3n) is 3.73. The van der Waals surface area contributed by atoms with Crippen molar-refractivity contribution in [1.29, 1.82) is 0 Å². The summed E-state index contributed by atoms with van der Waals surface area (Å²) < 4.78 is 0. The zero-order valence-corrected chi connectivity index (χ0v) is 13.1. The molecular formula is C17H25NO3. The van der Waals surface area contributed by atoms with Crippen LogP contribution >= 0.6 is 0 Å². The summed E-state index contributed by atoms with van der Waals surface area (Å²) in [6.45, 7) is 6.09. The first-order valence-corrected chi connectivity index (χ1v) is 7.38. The normalized spacial score (nSPS) is 12.7. The van der Waals surface area contributed by atoms with Gasteiger partial charge in [-0.05, 0) is 30.7 Å². The van der Waals surface area contributed by atoms with Gasteiger partial charge in [0.2, 0.25) is 5.91 Å². The molecule has 1 aromatic carbocycles. The summed E-state index contributed by atoms with van der Waals surface area (Å²) >= 11 is 0. The van der Waals surface area contributed by atoms with Crippen molar-refractivity contribution >= 4 is 11.9 Å². The van der Waals surface area contributed by atoms with Gasteiger partial charge in [-0.1, -0.05) is 44.2 Å². The number of carbonyl (C=O) groups excluding carboxylic acids is 1. The lowest BCUT2D eigenvalue weighted by atomic mass is 9.80. The number of aliphatic carboxylic acids is 1. The minimum absolute atomic E-state index is 0.0168. The third kappa shape index (κ3) is 6.43. The van der Waals surface area contributed by atoms with Crippen LogP contribution in [0, 0.1) is 0 Å². The molecule has 1 unspecified atom stereocenters. The van der Waals surface area contributed by atoms with Gasteiger partial charge in [-0.3, -0.25) is 9.59 Å². The van der Waals surface area contributed by atoms with Crippen molar-refractivity contribution < 1.29 is 14.7 Å². The van der Waals surface area contributed by atoms with Gasteiger partial charge in [-0.25, -0.2) is 0 Å². The fraction of sp³-hybridized carbons (Fsp3) is 0.529. The molecule has 0 saturated heterocycles. The Morgan fingerprint density at radius 2 is 1.81 bits per heavy atom. The fourth-order valence-electron chi connectivity index (χ4n) is 2.22. The van der Waals surface area contributed by atoms with E-state index in [9.17, 15) is 9.59 Å². The van der Waals surface area contributed by atoms with Crippen LogP contribution in [-0.4, -0.2) is 23.0 Å². The predicted octanol–water partition coefficient (Wildman–Crippen LogP) is 3.11. The quantitative estimate of drug-likeness (QED) is 0.773. The van der Waals surface area contributed by atoms with Gasteiger partial charge < -0.3 is 10.4 Å². The van der Waals surface area contributed by atoms with Crippen molar-refractivity contribution in [1.82, 2.24) is 5.32 Å². The number of carbonyl (C=O) groups is 2. The molecule has 1 atom stereocenters. The Labute approximate surface area is 126 Å². The van der Waals surface area contributed by atoms with Crippen LogP contribution < -0.4 is 5.32 Å². The lowest BCUT2D eigenvalue weighted by Crippen LogP contribution is -2.34. The molecule has 1 rings (SSSR count). The van der Waals surface area contributed by atoms with E-state index in [1.165, 1.54) is 5.56 Å². The topological polar surface area (TPSA) is 66.4 Å². The summed E-state index contributed by atoms with van der Waals surface area (Å²) in [5, 5.41) is 11.5. The van der Waals surface area contributed by atoms with E-state index < -0.39 is 5.97 Å². The van der Waals surface area contributed by atoms with Gasteiger partial charge in [0.15, 0.2) is 0 Å². The molecule has 1 amide bonds. The van der Waals surface area contributed by atoms with E-state index in [1.807, 2.05) is 25.1 Å². The molecule has 0 fully saturated rings. The third-order valence-corrected chi connectivity index (χ3v) is 3.73. The summed E-state index contributed by atoms with van der Waals surface area (Å²) in [6, 6.07) is 10.0. The van der Waals surface area contributed by atoms with E-state index in [0.717, 1.165) is 6.42 Å². The first-order valence-electron chi connectivity index (χ1n) is 7.38. The van der Waals surface area contributed by atoms with E-state index in [-0.39, 0.29) is 23.8 Å². The minimum atomic E-state index is -0.832. The number of rotatable bonds is 8. The number of hydrogen-bond donors (Lipinski definition) is 2. The van der Waals surface area contributed by atoms with Crippen LogP contribution in [0.3, 0.4) is 0 Å². The van der Waals surface area contributed by atoms with Crippen molar-refractivity contribution in [2.24, 2.45) is 0 Å². The summed E-state index contributed by atoms with van der Waals surface area (Å²) in [4.78, 5) is 22.4. The molecule has 0 aliphatic carbocycles. The highest BCUT2D eigenvalue weighted by Gasteiger charge is 2.21. The second-order valence-corrected chi connectivity index (χ2v) is 6.15. The van der Waals surface area contributed by atoms with E-state index in [1.54, 1.807) is 0 Å². The maximum atomic E-state index is 11.9. The first-order chi connectivity index (χ1) is 9.81. The predicted molar refractivity (Wildman–Crippen MR) is 83.2 cm³/mol. The van der Waals surface area contributed by atoms with Gasteiger partial charge in [0.1, 0.15) is 0 Å². The van der Waals surface area contributed by atoms with Gasteiger partial charge in [0.05, 0.1) is 0 Å². The van der Waals surface area contributed by atoms with Gasteiger partial charge in [-0.2, -0.15) is 0 Å². The Morgan fingerprint density at radius 3 is 2.38 bits per heavy atom. The van der Waals surface area contributed by atoms with Gasteiger partial charge in [0, 0.05) is 18.9 Å². The molecule has 1 aromatic rings. The van der Waals surface area contributed by atoms with Gasteiger partial charge >= 0.3 is 5.97 Å². The van der Waals surface area contributed by atoms with E-state index in [0.29, 0.717) is 12.8 Å². The summed E-state index contributed by atoms with van der Waals surface area (Å²) in [7, 11) is 0. The second kappa shape index (κ2) is 7.81. The number of hydrogen-bond acceptors (Lipinski definition) is 2. The number of nitrogens with one attached hydrogen (secondary N) is 1. The highest BCUT2D eigenvalue weighted by Crippen LogP contribution is 2.27. The van der Waals surface area contributed by atoms with Crippen LogP contribution in [0.1, 0.15) is 52.0 Å². The zero-order chi connectivity index (χ0) is 15.9. The summed E-state index contributed by atoms with van der Waals surface area (Å²) in [5.74, 6) is -0.849. The van der Waals surface area contributed by atoms with Crippen LogP contribution in [0.2, 0.25) is 0 Å². The molecule has 116 valence electrons. The monoisotopic (exact) mass is 291 g/mol. The Kier molecular flexibility index (Phi) is 6.40. The molecule has 0 aliphatic rings. The summed E-state index contributed by atoms with van der Waals surface area (Å²) in [6.07, 6.45) is 1.74. The average Bonchev–Trinajstić information content (AvgIpc) is 2.44. The SMILES string of the molecule is CC(CCC(=O)O)NC(=O)CCC(C)(C)c1ccccc1. The van der Waals surface area contributed by atoms with E-state index >= 15 is 0 Å². The molecule has 0 aliphatic heterocycles. The Hall–Kier alpha value is -1.84. The molecule has 4 heteroatoms. The molecule has 0 bridgehead atoms. The molecule has 0 aromatic heterocycles. The van der Waals surface area contributed by atoms with Crippen molar-refractivity contribution in [2.75, 3.05) is 0 Å². The minimum Gasteiger partial charge on any atom is -0.481 e. The molecule has 0 heterocycles. The van der Waals surface area contributed by atoms with Crippen LogP contribution in [0.5, 0.6) is 0 Å². The Bertz CT molecular complexity index is 468. The fourth-order valence-corrected chi connectivity index (χ4v) is 2.22. The number of amides is 1. The molecule has 21 heavy (non-hydrogen) atoms. The highest BCUT2D eigenvalue weighted by atomic mass is 16.4. The van der Waals surface area contributed by atoms with Gasteiger partial charge in [0.25, 0.3) is 0 Å². The molecule has 0 radical (unpaired) electrons. The molecule has 4 nitrogen and oxygen atoms in total. The number of carboxylic acid groups (broad SMARTS) is 1. The molecule has 0 spiro atoms. The van der Waals surface area contributed by atoms with Crippen LogP contribution in [0.15, 0.2) is 30.3 Å². The van der Waals surface area contributed by atoms with Crippen LogP contribution in [0.4, 0.5) is 0 Å². The Morgan fingerprint density at radius 1 is 1.19 bits per heavy atom. The van der Waals surface area contributed by atoms with Crippen molar-refractivity contribution in [3.8, 4) is 0 Å². The highest BCUT2D eigenvalue weighted by molar-refractivity contribution is 5.76. The Balaban J connectivity index is 2.40. The first kappa shape index (κ1) is 17.2. The second-order valence-electron chi connectivity index (χ2n) is 6.15. The maximum Gasteiger partial charge on any atom is 0.303 e. The van der Waals surface area contributed by atoms with Crippen LogP contribution in [-0.2, 0) is 15.0 Å². The van der Waals surface area contributed by atoms with Crippen molar-refractivity contribution in [3.05, 3.63) is 35.9 Å². The van der Waals surface area contributed by atoms with Gasteiger partial charge in [-0.15, -0.1) is 0 Å². The lowest BCUT2D eigenvalue weighted by Gasteiger charge is -2.25. The van der Waals surface area contributed by atoms with Crippen molar-refractivity contribution in [3.63, 3.8) is 0 Å². The van der Waals surface area contributed by atoms with Crippen LogP contribution in [0.25, 0.3) is 0 Å². The van der Waals surface area contributed by atoms with E-state index in [4.69, 9.17) is 5.11 Å². The lowest BCUT2D eigenvalue weighted by molar-refractivity contribution is -0.137. The number of benzene rings is 1. The van der Waals surface area contributed by atoms with E-state index in [2.05, 4.69) is 31.3 Å². The molecule has 2 N–H and O–H groups in total. The molecular weight excluding hydrogens is 266 g/mol. The maximum absolute atomic E-state index is 11.9. The zero-order valence-electron chi connectivity index (χ0n) is 13.1. The molecule has 0 saturated carbocycles. The summed E-state index contributed by atoms with van der Waals surface area (Å²) in [5.41, 5.74) is 1.17. The number of carboxylic acids is 1. The standard InChI is InChI=1S/C17H25NO3/c1-13(9-10-16(20)21)18-15(19)11-12-17(2,3)14-7-5-4-6-8-14/h4-8,13H,9-12H2,1-3H3,(H,18,19)(H,20,21). The smallest absolute Gasteiger partial charge is 0.303 e. The average molecular weight is 291 g/mol. The van der Waals surface area contributed by atoms with Crippen molar-refractivity contribution in [2.45, 2.75) is 57.9 Å².